The highest BCUT2D eigenvalue weighted by Crippen LogP contribution is 2.39. The van der Waals surface area contributed by atoms with E-state index in [-0.39, 0.29) is 23.5 Å². The van der Waals surface area contributed by atoms with Crippen LogP contribution in [-0.2, 0) is 6.18 Å². The van der Waals surface area contributed by atoms with Gasteiger partial charge >= 0.3 is 12.1 Å². The first-order chi connectivity index (χ1) is 17.7. The van der Waals surface area contributed by atoms with Crippen LogP contribution in [0.5, 0.6) is 0 Å². The number of hydrogen-bond donors (Lipinski definition) is 1. The molecule has 0 saturated carbocycles. The Kier molecular flexibility index (Phi) is 7.47. The molecule has 0 bridgehead atoms. The number of alkyl halides is 3. The first-order valence-corrected chi connectivity index (χ1v) is 11.5. The van der Waals surface area contributed by atoms with E-state index in [0.717, 1.165) is 40.1 Å². The lowest BCUT2D eigenvalue weighted by Gasteiger charge is -2.23. The molecule has 0 spiro atoms. The van der Waals surface area contributed by atoms with Gasteiger partial charge in [0.2, 0.25) is 0 Å². The van der Waals surface area contributed by atoms with Crippen LogP contribution in [0.15, 0.2) is 96.3 Å². The number of nitrogens with zero attached hydrogens (tertiary/aromatic N) is 2. The topological polar surface area (TPSA) is 79.6 Å². The van der Waals surface area contributed by atoms with Gasteiger partial charge in [-0.25, -0.2) is 4.79 Å². The molecule has 1 aromatic heterocycles. The van der Waals surface area contributed by atoms with E-state index in [2.05, 4.69) is 10.2 Å². The van der Waals surface area contributed by atoms with Gasteiger partial charge in [-0.05, 0) is 71.0 Å². The zero-order chi connectivity index (χ0) is 26.6. The van der Waals surface area contributed by atoms with E-state index >= 15 is 0 Å². The second-order valence-electron chi connectivity index (χ2n) is 8.74. The minimum Gasteiger partial charge on any atom is -0.478 e. The Hall–Kier alpha value is -4.33. The Bertz CT molecular complexity index is 1400. The number of hydrogen-bond acceptors (Lipinski definition) is 4. The monoisotopic (exact) mass is 504 g/mol. The second-order valence-corrected chi connectivity index (χ2v) is 8.74. The molecule has 37 heavy (non-hydrogen) atoms. The Morgan fingerprint density at radius 3 is 2.11 bits per heavy atom. The molecule has 0 aliphatic rings. The van der Waals surface area contributed by atoms with E-state index in [1.165, 1.54) is 18.2 Å². The van der Waals surface area contributed by atoms with E-state index in [1.807, 2.05) is 55.5 Å². The van der Waals surface area contributed by atoms with Gasteiger partial charge in [0, 0.05) is 12.1 Å². The number of rotatable bonds is 8. The normalized spacial score (nSPS) is 13.1. The van der Waals surface area contributed by atoms with Crippen LogP contribution in [0.3, 0.4) is 0 Å². The SMILES string of the molecule is Cc1ccccc1[C@H](CC(N=O)c1ccnc(C(F)(F)F)c1)c1ccc(-c2ccc(C(=O)O)cc2)cc1. The largest absolute Gasteiger partial charge is 0.478 e. The highest BCUT2D eigenvalue weighted by molar-refractivity contribution is 5.88. The molecule has 188 valence electrons. The summed E-state index contributed by atoms with van der Waals surface area (Å²) in [4.78, 5) is 26.4. The van der Waals surface area contributed by atoms with Crippen molar-refractivity contribution in [2.24, 2.45) is 5.18 Å². The van der Waals surface area contributed by atoms with Crippen LogP contribution >= 0.6 is 0 Å². The molecule has 0 amide bonds. The number of carbonyl (C=O) groups is 1. The Morgan fingerprint density at radius 2 is 1.54 bits per heavy atom. The molecule has 0 saturated heterocycles. The summed E-state index contributed by atoms with van der Waals surface area (Å²) >= 11 is 0. The molecular weight excluding hydrogens is 481 g/mol. The van der Waals surface area contributed by atoms with Crippen molar-refractivity contribution in [3.8, 4) is 11.1 Å². The van der Waals surface area contributed by atoms with E-state index < -0.39 is 23.9 Å². The number of halogens is 3. The lowest BCUT2D eigenvalue weighted by Crippen LogP contribution is -2.11. The predicted molar refractivity (Wildman–Crippen MR) is 134 cm³/mol. The second kappa shape index (κ2) is 10.7. The van der Waals surface area contributed by atoms with Gasteiger partial charge in [0.25, 0.3) is 0 Å². The fraction of sp³-hybridized carbons (Fsp3) is 0.172. The lowest BCUT2D eigenvalue weighted by molar-refractivity contribution is -0.141. The molecule has 0 radical (unpaired) electrons. The van der Waals surface area contributed by atoms with Gasteiger partial charge in [-0.15, -0.1) is 0 Å². The third-order valence-electron chi connectivity index (χ3n) is 6.39. The molecule has 1 N–H and O–H groups in total. The van der Waals surface area contributed by atoms with Crippen LogP contribution in [0, 0.1) is 11.8 Å². The average molecular weight is 505 g/mol. The molecule has 5 nitrogen and oxygen atoms in total. The molecule has 0 aliphatic heterocycles. The van der Waals surface area contributed by atoms with Gasteiger partial charge in [0.05, 0.1) is 5.56 Å². The molecule has 0 fully saturated rings. The maximum absolute atomic E-state index is 13.2. The molecular formula is C29H23F3N2O3. The van der Waals surface area contributed by atoms with Crippen LogP contribution in [0.2, 0.25) is 0 Å². The molecule has 4 aromatic rings. The van der Waals surface area contributed by atoms with Crippen molar-refractivity contribution in [1.82, 2.24) is 4.98 Å². The summed E-state index contributed by atoms with van der Waals surface area (Å²) < 4.78 is 39.7. The third kappa shape index (κ3) is 5.91. The first kappa shape index (κ1) is 25.8. The van der Waals surface area contributed by atoms with Crippen molar-refractivity contribution in [3.63, 3.8) is 0 Å². The number of aromatic nitrogens is 1. The summed E-state index contributed by atoms with van der Waals surface area (Å²) in [6.45, 7) is 1.94. The van der Waals surface area contributed by atoms with Crippen molar-refractivity contribution in [2.75, 3.05) is 0 Å². The number of pyridine rings is 1. The number of carboxylic acids is 1. The van der Waals surface area contributed by atoms with Gasteiger partial charge < -0.3 is 5.11 Å². The fourth-order valence-electron chi connectivity index (χ4n) is 4.41. The smallest absolute Gasteiger partial charge is 0.433 e. The standard InChI is InChI=1S/C29H23F3N2O3/c1-18-4-2-3-5-24(18)25(17-26(34-37)23-14-15-33-27(16-23)29(30,31)32)21-10-6-19(7-11-21)20-8-12-22(13-9-20)28(35)36/h2-16,25-26H,17H2,1H3,(H,35,36)/t25-,26?/m1/s1. The highest BCUT2D eigenvalue weighted by atomic mass is 19.4. The summed E-state index contributed by atoms with van der Waals surface area (Å²) in [7, 11) is 0. The average Bonchev–Trinajstić information content (AvgIpc) is 2.90. The number of nitroso groups, excluding NO2 is 1. The molecule has 0 aliphatic carbocycles. The number of aromatic carboxylic acids is 1. The van der Waals surface area contributed by atoms with E-state index in [1.54, 1.807) is 12.1 Å². The quantitative estimate of drug-likeness (QED) is 0.248. The molecule has 4 rings (SSSR count). The van der Waals surface area contributed by atoms with E-state index in [9.17, 15) is 22.9 Å². The Morgan fingerprint density at radius 1 is 0.919 bits per heavy atom. The minimum atomic E-state index is -4.63. The maximum atomic E-state index is 13.2. The highest BCUT2D eigenvalue weighted by Gasteiger charge is 2.33. The molecule has 3 aromatic carbocycles. The van der Waals surface area contributed by atoms with Crippen molar-refractivity contribution >= 4 is 5.97 Å². The van der Waals surface area contributed by atoms with Crippen molar-refractivity contribution in [3.05, 3.63) is 130 Å². The van der Waals surface area contributed by atoms with E-state index in [4.69, 9.17) is 5.11 Å². The van der Waals surface area contributed by atoms with E-state index in [0.29, 0.717) is 0 Å². The summed E-state index contributed by atoms with van der Waals surface area (Å²) in [6, 6.07) is 23.0. The van der Waals surface area contributed by atoms with Gasteiger partial charge in [-0.3, -0.25) is 4.98 Å². The zero-order valence-corrected chi connectivity index (χ0v) is 19.8. The maximum Gasteiger partial charge on any atom is 0.433 e. The Labute approximate surface area is 211 Å². The van der Waals surface area contributed by atoms with Crippen molar-refractivity contribution < 1.29 is 23.1 Å². The van der Waals surface area contributed by atoms with Gasteiger partial charge in [-0.1, -0.05) is 65.8 Å². The number of aryl methyl sites for hydroxylation is 1. The van der Waals surface area contributed by atoms with Gasteiger partial charge in [-0.2, -0.15) is 18.1 Å². The first-order valence-electron chi connectivity index (χ1n) is 11.5. The fourth-order valence-corrected chi connectivity index (χ4v) is 4.41. The number of benzene rings is 3. The van der Waals surface area contributed by atoms with Crippen molar-refractivity contribution in [2.45, 2.75) is 31.5 Å². The lowest BCUT2D eigenvalue weighted by atomic mass is 9.82. The zero-order valence-electron chi connectivity index (χ0n) is 19.8. The van der Waals surface area contributed by atoms with Crippen LogP contribution in [0.4, 0.5) is 13.2 Å². The number of carboxylic acid groups (broad SMARTS) is 1. The molecule has 1 unspecified atom stereocenters. The molecule has 1 heterocycles. The summed E-state index contributed by atoms with van der Waals surface area (Å²) in [5.74, 6) is -1.31. The van der Waals surface area contributed by atoms with Crippen LogP contribution in [0.25, 0.3) is 11.1 Å². The summed E-state index contributed by atoms with van der Waals surface area (Å²) in [5, 5.41) is 12.3. The molecule has 2 atom stereocenters. The Balaban J connectivity index is 1.69. The van der Waals surface area contributed by atoms with Crippen LogP contribution < -0.4 is 0 Å². The van der Waals surface area contributed by atoms with Gasteiger partial charge in [0.15, 0.2) is 0 Å². The predicted octanol–water partition coefficient (Wildman–Crippen LogP) is 7.80. The third-order valence-corrected chi connectivity index (χ3v) is 6.39. The minimum absolute atomic E-state index is 0.158. The van der Waals surface area contributed by atoms with Crippen molar-refractivity contribution in [1.29, 1.82) is 0 Å². The summed E-state index contributed by atoms with van der Waals surface area (Å²) in [5.41, 5.74) is 3.80. The van der Waals surface area contributed by atoms with Crippen LogP contribution in [0.1, 0.15) is 56.7 Å². The molecule has 8 heteroatoms. The summed E-state index contributed by atoms with van der Waals surface area (Å²) in [6.07, 6.45) is -3.41. The van der Waals surface area contributed by atoms with Gasteiger partial charge in [0.1, 0.15) is 11.7 Å². The van der Waals surface area contributed by atoms with Crippen LogP contribution in [-0.4, -0.2) is 16.1 Å².